The Kier molecular flexibility index (Phi) is 4.46. The Hall–Kier alpha value is -3.05. The Morgan fingerprint density at radius 2 is 1.92 bits per heavy atom. The molecule has 5 nitrogen and oxygen atoms in total. The maximum absolute atomic E-state index is 6.08. The molecule has 0 spiro atoms. The minimum Gasteiger partial charge on any atom is -0.338 e. The van der Waals surface area contributed by atoms with E-state index in [4.69, 9.17) is 11.6 Å². The highest BCUT2D eigenvalue weighted by Gasteiger charge is 2.11. The van der Waals surface area contributed by atoms with E-state index < -0.39 is 0 Å². The van der Waals surface area contributed by atoms with Crippen molar-refractivity contribution in [1.82, 2.24) is 20.2 Å². The normalized spacial score (nSPS) is 10.8. The third-order valence-electron chi connectivity index (χ3n) is 4.15. The lowest BCUT2D eigenvalue weighted by Crippen LogP contribution is -2.20. The van der Waals surface area contributed by atoms with E-state index in [9.17, 15) is 0 Å². The van der Waals surface area contributed by atoms with Crippen LogP contribution >= 0.6 is 11.6 Å². The highest BCUT2D eigenvalue weighted by Crippen LogP contribution is 2.23. The highest BCUT2D eigenvalue weighted by molar-refractivity contribution is 6.30. The largest absolute Gasteiger partial charge is 0.338 e. The number of hydrogen-bond acceptors (Lipinski definition) is 5. The fraction of sp³-hybridized carbons (Fsp3) is 0.100. The lowest BCUT2D eigenvalue weighted by atomic mass is 10.1. The minimum absolute atomic E-state index is 0.559. The average molecular weight is 362 g/mol. The summed E-state index contributed by atoms with van der Waals surface area (Å²) in [5.74, 6) is 0.559. The van der Waals surface area contributed by atoms with Gasteiger partial charge < -0.3 is 4.90 Å². The molecule has 6 heteroatoms. The molecular weight excluding hydrogens is 346 g/mol. The zero-order valence-electron chi connectivity index (χ0n) is 14.2. The molecule has 0 aliphatic carbocycles. The number of hydrogen-bond donors (Lipinski definition) is 0. The number of anilines is 1. The van der Waals surface area contributed by atoms with Gasteiger partial charge in [0.15, 0.2) is 0 Å². The topological polar surface area (TPSA) is 54.8 Å². The van der Waals surface area contributed by atoms with Gasteiger partial charge in [-0.3, -0.25) is 4.98 Å². The first-order valence-corrected chi connectivity index (χ1v) is 8.58. The predicted molar refractivity (Wildman–Crippen MR) is 104 cm³/mol. The van der Waals surface area contributed by atoms with Crippen LogP contribution in [0.15, 0.2) is 67.0 Å². The van der Waals surface area contributed by atoms with Crippen molar-refractivity contribution in [3.8, 4) is 11.3 Å². The standard InChI is InChI=1S/C20H16ClN5/c1-26(13-15-6-3-9-18-17(15)8-4-10-22-18)20-24-19(12-23-25-20)14-5-2-7-16(21)11-14/h2-12H,13H2,1H3. The lowest BCUT2D eigenvalue weighted by molar-refractivity contribution is 0.834. The van der Waals surface area contributed by atoms with Gasteiger partial charge in [-0.15, -0.1) is 5.10 Å². The number of pyridine rings is 1. The third kappa shape index (κ3) is 3.34. The van der Waals surface area contributed by atoms with Crippen LogP contribution in [-0.2, 0) is 6.54 Å². The summed E-state index contributed by atoms with van der Waals surface area (Å²) >= 11 is 6.08. The molecule has 0 bridgehead atoms. The molecule has 2 aromatic heterocycles. The van der Waals surface area contributed by atoms with E-state index in [0.717, 1.165) is 27.7 Å². The zero-order chi connectivity index (χ0) is 17.9. The Labute approximate surface area is 156 Å². The minimum atomic E-state index is 0.559. The molecule has 0 saturated heterocycles. The Bertz CT molecular complexity index is 1060. The Morgan fingerprint density at radius 3 is 2.81 bits per heavy atom. The second kappa shape index (κ2) is 7.06. The number of benzene rings is 2. The van der Waals surface area contributed by atoms with E-state index in [1.54, 1.807) is 12.4 Å². The molecule has 0 fully saturated rings. The molecule has 0 atom stereocenters. The molecule has 26 heavy (non-hydrogen) atoms. The van der Waals surface area contributed by atoms with Gasteiger partial charge in [-0.1, -0.05) is 41.9 Å². The highest BCUT2D eigenvalue weighted by atomic mass is 35.5. The second-order valence-corrected chi connectivity index (χ2v) is 6.43. The van der Waals surface area contributed by atoms with E-state index in [0.29, 0.717) is 17.5 Å². The van der Waals surface area contributed by atoms with Gasteiger partial charge >= 0.3 is 0 Å². The van der Waals surface area contributed by atoms with Crippen molar-refractivity contribution in [2.45, 2.75) is 6.54 Å². The van der Waals surface area contributed by atoms with Crippen molar-refractivity contribution in [3.05, 3.63) is 77.6 Å². The molecular formula is C20H16ClN5. The summed E-state index contributed by atoms with van der Waals surface area (Å²) in [6, 6.07) is 17.7. The first kappa shape index (κ1) is 16.4. The summed E-state index contributed by atoms with van der Waals surface area (Å²) in [4.78, 5) is 11.0. The average Bonchev–Trinajstić information content (AvgIpc) is 2.68. The van der Waals surface area contributed by atoms with Crippen molar-refractivity contribution in [2.75, 3.05) is 11.9 Å². The van der Waals surface area contributed by atoms with Crippen LogP contribution in [0.1, 0.15) is 5.56 Å². The van der Waals surface area contributed by atoms with E-state index in [1.807, 2.05) is 54.4 Å². The summed E-state index contributed by atoms with van der Waals surface area (Å²) in [6.07, 6.45) is 3.45. The number of aromatic nitrogens is 4. The van der Waals surface area contributed by atoms with Crippen LogP contribution in [0, 0.1) is 0 Å². The summed E-state index contributed by atoms with van der Waals surface area (Å²) in [5, 5.41) is 10.1. The molecule has 0 N–H and O–H groups in total. The molecule has 0 amide bonds. The smallest absolute Gasteiger partial charge is 0.245 e. The van der Waals surface area contributed by atoms with Crippen molar-refractivity contribution >= 4 is 28.5 Å². The number of fused-ring (bicyclic) bond motifs is 1. The van der Waals surface area contributed by atoms with Crippen LogP contribution in [0.5, 0.6) is 0 Å². The van der Waals surface area contributed by atoms with Crippen molar-refractivity contribution in [2.24, 2.45) is 0 Å². The predicted octanol–water partition coefficient (Wildman–Crippen LogP) is 4.38. The monoisotopic (exact) mass is 361 g/mol. The van der Waals surface area contributed by atoms with Gasteiger partial charge in [0.25, 0.3) is 0 Å². The van der Waals surface area contributed by atoms with Crippen molar-refractivity contribution in [3.63, 3.8) is 0 Å². The summed E-state index contributed by atoms with van der Waals surface area (Å²) in [7, 11) is 1.95. The molecule has 128 valence electrons. The van der Waals surface area contributed by atoms with Gasteiger partial charge in [0.2, 0.25) is 5.95 Å². The first-order valence-electron chi connectivity index (χ1n) is 8.20. The SMILES string of the molecule is CN(Cc1cccc2ncccc12)c1nncc(-c2cccc(Cl)c2)n1. The molecule has 0 unspecified atom stereocenters. The molecule has 2 heterocycles. The lowest BCUT2D eigenvalue weighted by Gasteiger charge is -2.18. The van der Waals surface area contributed by atoms with E-state index in [-0.39, 0.29) is 0 Å². The fourth-order valence-corrected chi connectivity index (χ4v) is 3.06. The molecule has 0 aliphatic rings. The number of nitrogens with zero attached hydrogens (tertiary/aromatic N) is 5. The van der Waals surface area contributed by atoms with Gasteiger partial charge in [0.05, 0.1) is 17.4 Å². The van der Waals surface area contributed by atoms with Gasteiger partial charge in [0, 0.05) is 35.8 Å². The maximum atomic E-state index is 6.08. The van der Waals surface area contributed by atoms with E-state index in [2.05, 4.69) is 32.3 Å². The number of rotatable bonds is 4. The Balaban J connectivity index is 1.64. The quantitative estimate of drug-likeness (QED) is 0.540. The van der Waals surface area contributed by atoms with Crippen LogP contribution in [0.25, 0.3) is 22.2 Å². The maximum Gasteiger partial charge on any atom is 0.245 e. The van der Waals surface area contributed by atoms with Crippen LogP contribution < -0.4 is 4.90 Å². The summed E-state index contributed by atoms with van der Waals surface area (Å²) < 4.78 is 0. The fourth-order valence-electron chi connectivity index (χ4n) is 2.87. The Morgan fingerprint density at radius 1 is 1.04 bits per heavy atom. The molecule has 4 aromatic rings. The van der Waals surface area contributed by atoms with Crippen molar-refractivity contribution < 1.29 is 0 Å². The van der Waals surface area contributed by atoms with Crippen molar-refractivity contribution in [1.29, 1.82) is 0 Å². The molecule has 0 saturated carbocycles. The van der Waals surface area contributed by atoms with Gasteiger partial charge in [-0.2, -0.15) is 5.10 Å². The molecule has 0 aliphatic heterocycles. The zero-order valence-corrected chi connectivity index (χ0v) is 14.9. The molecule has 0 radical (unpaired) electrons. The summed E-state index contributed by atoms with van der Waals surface area (Å²) in [6.45, 7) is 0.656. The van der Waals surface area contributed by atoms with Crippen LogP contribution in [-0.4, -0.2) is 27.2 Å². The van der Waals surface area contributed by atoms with Crippen LogP contribution in [0.2, 0.25) is 5.02 Å². The third-order valence-corrected chi connectivity index (χ3v) is 4.39. The molecule has 4 rings (SSSR count). The van der Waals surface area contributed by atoms with E-state index in [1.165, 1.54) is 0 Å². The first-order chi connectivity index (χ1) is 12.7. The second-order valence-electron chi connectivity index (χ2n) is 6.00. The van der Waals surface area contributed by atoms with Crippen LogP contribution in [0.3, 0.4) is 0 Å². The van der Waals surface area contributed by atoms with Gasteiger partial charge in [-0.25, -0.2) is 4.98 Å². The van der Waals surface area contributed by atoms with Gasteiger partial charge in [0.1, 0.15) is 0 Å². The van der Waals surface area contributed by atoms with Crippen LogP contribution in [0.4, 0.5) is 5.95 Å². The number of halogens is 1. The molecule has 2 aromatic carbocycles. The van der Waals surface area contributed by atoms with Gasteiger partial charge in [-0.05, 0) is 29.8 Å². The summed E-state index contributed by atoms with van der Waals surface area (Å²) in [5.41, 5.74) is 3.79. The van der Waals surface area contributed by atoms with E-state index >= 15 is 0 Å².